The van der Waals surface area contributed by atoms with Gasteiger partial charge in [0.05, 0.1) is 4.92 Å². The van der Waals surface area contributed by atoms with Crippen LogP contribution in [0, 0.1) is 10.1 Å². The molecule has 1 saturated carbocycles. The van der Waals surface area contributed by atoms with E-state index in [0.717, 1.165) is 37.3 Å². The van der Waals surface area contributed by atoms with Gasteiger partial charge in [-0.25, -0.2) is 9.78 Å². The van der Waals surface area contributed by atoms with Gasteiger partial charge in [-0.3, -0.25) is 10.1 Å². The fraction of sp³-hybridized carbons (Fsp3) is 0.538. The Balaban J connectivity index is 2.23. The lowest BCUT2D eigenvalue weighted by molar-refractivity contribution is -0.385. The van der Waals surface area contributed by atoms with Crippen molar-refractivity contribution in [2.45, 2.75) is 37.5 Å². The third-order valence-electron chi connectivity index (χ3n) is 3.47. The molecule has 2 N–H and O–H groups in total. The summed E-state index contributed by atoms with van der Waals surface area (Å²) in [5, 5.41) is 23.5. The van der Waals surface area contributed by atoms with Gasteiger partial charge in [-0.15, -0.1) is 0 Å². The Morgan fingerprint density at radius 1 is 1.62 bits per heavy atom. The third kappa shape index (κ3) is 3.63. The minimum absolute atomic E-state index is 0.155. The summed E-state index contributed by atoms with van der Waals surface area (Å²) < 4.78 is 0. The fourth-order valence-electron chi connectivity index (χ4n) is 2.51. The highest BCUT2D eigenvalue weighted by Crippen LogP contribution is 2.32. The molecular weight excluding hydrogens is 294 g/mol. The van der Waals surface area contributed by atoms with Crippen LogP contribution in [0.25, 0.3) is 0 Å². The number of aromatic carboxylic acids is 1. The highest BCUT2D eigenvalue weighted by molar-refractivity contribution is 7.99. The zero-order valence-corrected chi connectivity index (χ0v) is 12.4. The number of anilines is 1. The van der Waals surface area contributed by atoms with E-state index in [1.807, 2.05) is 11.8 Å². The summed E-state index contributed by atoms with van der Waals surface area (Å²) in [5.41, 5.74) is -0.472. The van der Waals surface area contributed by atoms with Gasteiger partial charge in [-0.05, 0) is 18.6 Å². The summed E-state index contributed by atoms with van der Waals surface area (Å²) in [5.74, 6) is -0.00409. The molecule has 114 valence electrons. The number of hydrogen-bond donors (Lipinski definition) is 2. The predicted molar refractivity (Wildman–Crippen MR) is 81.0 cm³/mol. The smallest absolute Gasteiger partial charge is 0.339 e. The van der Waals surface area contributed by atoms with Crippen LogP contribution in [0.5, 0.6) is 0 Å². The quantitative estimate of drug-likeness (QED) is 0.614. The first-order valence-electron chi connectivity index (χ1n) is 6.78. The number of carboxylic acid groups (broad SMARTS) is 1. The SMILES string of the molecule is CCSC1CCCC1Nc1ncc([N+](=O)[O-])cc1C(=O)O. The lowest BCUT2D eigenvalue weighted by Gasteiger charge is -2.21. The number of nitrogens with one attached hydrogen (secondary N) is 1. The van der Waals surface area contributed by atoms with Crippen LogP contribution < -0.4 is 5.32 Å². The van der Waals surface area contributed by atoms with Gasteiger partial charge in [-0.1, -0.05) is 13.3 Å². The van der Waals surface area contributed by atoms with Crippen molar-refractivity contribution in [2.24, 2.45) is 0 Å². The Bertz CT molecular complexity index is 552. The molecule has 2 rings (SSSR count). The van der Waals surface area contributed by atoms with Gasteiger partial charge < -0.3 is 10.4 Å². The first kappa shape index (κ1) is 15.6. The molecule has 1 aliphatic carbocycles. The zero-order chi connectivity index (χ0) is 15.4. The highest BCUT2D eigenvalue weighted by Gasteiger charge is 2.29. The van der Waals surface area contributed by atoms with E-state index in [1.54, 1.807) is 0 Å². The van der Waals surface area contributed by atoms with Gasteiger partial charge in [0.15, 0.2) is 0 Å². The van der Waals surface area contributed by atoms with E-state index in [4.69, 9.17) is 0 Å². The van der Waals surface area contributed by atoms with Gasteiger partial charge in [-0.2, -0.15) is 11.8 Å². The predicted octanol–water partition coefficient (Wildman–Crippen LogP) is 2.77. The van der Waals surface area contributed by atoms with E-state index in [2.05, 4.69) is 17.2 Å². The minimum atomic E-state index is -1.22. The number of nitro groups is 1. The molecule has 8 heteroatoms. The lowest BCUT2D eigenvalue weighted by Crippen LogP contribution is -2.27. The summed E-state index contributed by atoms with van der Waals surface area (Å²) in [6.45, 7) is 2.09. The second-order valence-corrected chi connectivity index (χ2v) is 6.34. The van der Waals surface area contributed by atoms with Crippen molar-refractivity contribution >= 4 is 29.2 Å². The molecule has 2 unspecified atom stereocenters. The van der Waals surface area contributed by atoms with E-state index in [0.29, 0.717) is 5.25 Å². The van der Waals surface area contributed by atoms with Crippen LogP contribution in [0.15, 0.2) is 12.3 Å². The van der Waals surface area contributed by atoms with Crippen LogP contribution >= 0.6 is 11.8 Å². The Kier molecular flexibility index (Phi) is 5.00. The van der Waals surface area contributed by atoms with Crippen molar-refractivity contribution < 1.29 is 14.8 Å². The van der Waals surface area contributed by atoms with Gasteiger partial charge in [0.1, 0.15) is 17.6 Å². The second-order valence-electron chi connectivity index (χ2n) is 4.83. The number of carboxylic acids is 1. The summed E-state index contributed by atoms with van der Waals surface area (Å²) in [4.78, 5) is 25.3. The van der Waals surface area contributed by atoms with E-state index >= 15 is 0 Å². The van der Waals surface area contributed by atoms with Crippen molar-refractivity contribution in [3.8, 4) is 0 Å². The molecule has 21 heavy (non-hydrogen) atoms. The molecule has 2 atom stereocenters. The van der Waals surface area contributed by atoms with Crippen LogP contribution in [0.2, 0.25) is 0 Å². The number of hydrogen-bond acceptors (Lipinski definition) is 6. The molecule has 0 bridgehead atoms. The number of carbonyl (C=O) groups is 1. The molecule has 0 aliphatic heterocycles. The van der Waals surface area contributed by atoms with Gasteiger partial charge in [0.25, 0.3) is 5.69 Å². The molecule has 7 nitrogen and oxygen atoms in total. The van der Waals surface area contributed by atoms with Crippen molar-refractivity contribution in [3.63, 3.8) is 0 Å². The van der Waals surface area contributed by atoms with Gasteiger partial charge >= 0.3 is 5.97 Å². The highest BCUT2D eigenvalue weighted by atomic mass is 32.2. The van der Waals surface area contributed by atoms with Crippen LogP contribution in [-0.4, -0.2) is 38.0 Å². The molecule has 0 saturated heterocycles. The summed E-state index contributed by atoms with van der Waals surface area (Å²) in [6, 6.07) is 1.20. The first-order chi connectivity index (χ1) is 10.0. The summed E-state index contributed by atoms with van der Waals surface area (Å²) in [6.07, 6.45) is 4.22. The summed E-state index contributed by atoms with van der Waals surface area (Å²) >= 11 is 1.84. The first-order valence-corrected chi connectivity index (χ1v) is 7.83. The molecule has 1 heterocycles. The Morgan fingerprint density at radius 3 is 3.00 bits per heavy atom. The van der Waals surface area contributed by atoms with Gasteiger partial charge in [0.2, 0.25) is 0 Å². The molecule has 1 aromatic heterocycles. The molecule has 0 aromatic carbocycles. The monoisotopic (exact) mass is 311 g/mol. The standard InChI is InChI=1S/C13H17N3O4S/c1-2-21-11-5-3-4-10(11)15-12-9(13(17)18)6-8(7-14-12)16(19)20/h6-7,10-11H,2-5H2,1H3,(H,14,15)(H,17,18). The molecule has 0 amide bonds. The third-order valence-corrected chi connectivity index (χ3v) is 4.80. The normalized spacial score (nSPS) is 21.2. The molecular formula is C13H17N3O4S. The topological polar surface area (TPSA) is 105 Å². The Morgan fingerprint density at radius 2 is 2.38 bits per heavy atom. The van der Waals surface area contributed by atoms with Crippen LogP contribution in [0.3, 0.4) is 0 Å². The largest absolute Gasteiger partial charge is 0.478 e. The number of rotatable bonds is 6. The number of nitrogens with zero attached hydrogens (tertiary/aromatic N) is 2. The van der Waals surface area contributed by atoms with Crippen LogP contribution in [-0.2, 0) is 0 Å². The van der Waals surface area contributed by atoms with E-state index in [1.165, 1.54) is 0 Å². The van der Waals surface area contributed by atoms with E-state index in [-0.39, 0.29) is 23.1 Å². The molecule has 1 fully saturated rings. The van der Waals surface area contributed by atoms with Crippen LogP contribution in [0.1, 0.15) is 36.5 Å². The van der Waals surface area contributed by atoms with Gasteiger partial charge in [0, 0.05) is 17.4 Å². The molecule has 1 aliphatic rings. The second kappa shape index (κ2) is 6.75. The maximum Gasteiger partial charge on any atom is 0.339 e. The average Bonchev–Trinajstić information content (AvgIpc) is 2.86. The Hall–Kier alpha value is -1.83. The van der Waals surface area contributed by atoms with E-state index < -0.39 is 10.9 Å². The Labute approximate surface area is 126 Å². The fourth-order valence-corrected chi connectivity index (χ4v) is 3.71. The van der Waals surface area contributed by atoms with Crippen molar-refractivity contribution in [3.05, 3.63) is 27.9 Å². The minimum Gasteiger partial charge on any atom is -0.478 e. The lowest BCUT2D eigenvalue weighted by atomic mass is 10.2. The molecule has 1 aromatic rings. The zero-order valence-electron chi connectivity index (χ0n) is 11.6. The van der Waals surface area contributed by atoms with E-state index in [9.17, 15) is 20.0 Å². The number of pyridine rings is 1. The van der Waals surface area contributed by atoms with Crippen molar-refractivity contribution in [1.82, 2.24) is 4.98 Å². The van der Waals surface area contributed by atoms with Crippen molar-refractivity contribution in [1.29, 1.82) is 0 Å². The van der Waals surface area contributed by atoms with Crippen LogP contribution in [0.4, 0.5) is 11.5 Å². The van der Waals surface area contributed by atoms with Crippen molar-refractivity contribution in [2.75, 3.05) is 11.1 Å². The average molecular weight is 311 g/mol. The number of aromatic nitrogens is 1. The molecule has 0 radical (unpaired) electrons. The maximum absolute atomic E-state index is 11.3. The maximum atomic E-state index is 11.3. The molecule has 0 spiro atoms. The number of thioether (sulfide) groups is 1. The summed E-state index contributed by atoms with van der Waals surface area (Å²) in [7, 11) is 0.